The topological polar surface area (TPSA) is 158 Å². The van der Waals surface area contributed by atoms with Gasteiger partial charge in [-0.15, -0.1) is 0 Å². The molecule has 33 heavy (non-hydrogen) atoms. The molecule has 0 aromatic heterocycles. The number of carbonyl (C=O) groups is 3. The van der Waals surface area contributed by atoms with Gasteiger partial charge in [-0.2, -0.15) is 0 Å². The zero-order valence-corrected chi connectivity index (χ0v) is 17.7. The van der Waals surface area contributed by atoms with Crippen LogP contribution in [0.4, 0.5) is 16.2 Å². The van der Waals surface area contributed by atoms with Crippen LogP contribution >= 0.6 is 11.8 Å². The lowest BCUT2D eigenvalue weighted by molar-refractivity contribution is -0.386. The number of nitrogens with one attached hydrogen (secondary N) is 1. The van der Waals surface area contributed by atoms with Gasteiger partial charge in [-0.05, 0) is 41.6 Å². The Morgan fingerprint density at radius 1 is 1.30 bits per heavy atom. The number of carbonyl (C=O) groups excluding carboxylic acids is 3. The van der Waals surface area contributed by atoms with Gasteiger partial charge in [0.1, 0.15) is 6.54 Å². The smallest absolute Gasteiger partial charge is 0.315 e. The molecule has 3 amide bonds. The third kappa shape index (κ3) is 4.39. The fraction of sp³-hybridized carbons (Fsp3) is 0.150. The number of nitrogens with zero attached hydrogens (tertiary/aromatic N) is 2. The van der Waals surface area contributed by atoms with Crippen LogP contribution in [0.3, 0.4) is 0 Å². The summed E-state index contributed by atoms with van der Waals surface area (Å²) >= 11 is 0.582. The summed E-state index contributed by atoms with van der Waals surface area (Å²) in [6.45, 7) is -0.457. The average molecular weight is 473 g/mol. The monoisotopic (exact) mass is 473 g/mol. The van der Waals surface area contributed by atoms with Crippen LogP contribution in [-0.4, -0.2) is 52.4 Å². The maximum absolute atomic E-state index is 12.7. The Kier molecular flexibility index (Phi) is 5.79. The van der Waals surface area contributed by atoms with E-state index in [0.717, 1.165) is 11.0 Å². The summed E-state index contributed by atoms with van der Waals surface area (Å²) in [6.07, 6.45) is 1.25. The first-order chi connectivity index (χ1) is 15.8. The van der Waals surface area contributed by atoms with Crippen molar-refractivity contribution in [2.45, 2.75) is 0 Å². The molecule has 4 rings (SSSR count). The first-order valence-electron chi connectivity index (χ1n) is 9.27. The molecular formula is C20H15N3O9S. The molecule has 2 N–H and O–H groups in total. The standard InChI is InChI=1S/C20H15N3O9S/c1-30-15-5-10(4-12(18(15)25)23(28)29)6-16-19(26)22(20(27)33-16)8-17(24)21-11-2-3-13-14(7-11)32-9-31-13/h2-7,25H,8-9H2,1H3,(H,21,24)/b16-6+. The van der Waals surface area contributed by atoms with Gasteiger partial charge >= 0.3 is 5.69 Å². The van der Waals surface area contributed by atoms with Crippen molar-refractivity contribution in [3.8, 4) is 23.0 Å². The Labute approximate surface area is 189 Å². The highest BCUT2D eigenvalue weighted by Crippen LogP contribution is 2.39. The van der Waals surface area contributed by atoms with E-state index in [2.05, 4.69) is 5.32 Å². The van der Waals surface area contributed by atoms with E-state index in [9.17, 15) is 29.6 Å². The largest absolute Gasteiger partial charge is 0.500 e. The molecule has 0 saturated carbocycles. The Balaban J connectivity index is 1.49. The van der Waals surface area contributed by atoms with Gasteiger partial charge in [0.05, 0.1) is 16.9 Å². The molecule has 0 spiro atoms. The van der Waals surface area contributed by atoms with Gasteiger partial charge in [-0.25, -0.2) is 0 Å². The highest BCUT2D eigenvalue weighted by Gasteiger charge is 2.36. The normalized spacial score (nSPS) is 15.8. The lowest BCUT2D eigenvalue weighted by atomic mass is 10.1. The maximum atomic E-state index is 12.7. The van der Waals surface area contributed by atoms with E-state index >= 15 is 0 Å². The number of anilines is 1. The van der Waals surface area contributed by atoms with Crippen molar-refractivity contribution in [3.63, 3.8) is 0 Å². The van der Waals surface area contributed by atoms with Gasteiger partial charge < -0.3 is 24.6 Å². The summed E-state index contributed by atoms with van der Waals surface area (Å²) < 4.78 is 15.4. The number of nitro groups is 1. The highest BCUT2D eigenvalue weighted by molar-refractivity contribution is 8.18. The predicted octanol–water partition coefficient (Wildman–Crippen LogP) is 2.71. The number of phenols is 1. The summed E-state index contributed by atoms with van der Waals surface area (Å²) in [4.78, 5) is 48.5. The van der Waals surface area contributed by atoms with Crippen LogP contribution in [-0.2, 0) is 9.59 Å². The summed E-state index contributed by atoms with van der Waals surface area (Å²) in [5.41, 5.74) is -0.0649. The molecular weight excluding hydrogens is 458 g/mol. The zero-order valence-electron chi connectivity index (χ0n) is 16.9. The molecule has 1 fully saturated rings. The van der Waals surface area contributed by atoms with Crippen molar-refractivity contribution in [2.75, 3.05) is 25.8 Å². The van der Waals surface area contributed by atoms with Crippen molar-refractivity contribution >= 4 is 46.3 Å². The second kappa shape index (κ2) is 8.70. The molecule has 2 aliphatic heterocycles. The van der Waals surface area contributed by atoms with Crippen LogP contribution < -0.4 is 19.5 Å². The molecule has 170 valence electrons. The molecule has 2 heterocycles. The number of hydrogen-bond donors (Lipinski definition) is 2. The van der Waals surface area contributed by atoms with E-state index in [1.807, 2.05) is 0 Å². The number of imide groups is 1. The fourth-order valence-corrected chi connectivity index (χ4v) is 3.94. The van der Waals surface area contributed by atoms with Crippen LogP contribution in [0.5, 0.6) is 23.0 Å². The number of methoxy groups -OCH3 is 1. The molecule has 2 aromatic rings. The van der Waals surface area contributed by atoms with Crippen molar-refractivity contribution in [1.29, 1.82) is 0 Å². The van der Waals surface area contributed by atoms with Crippen molar-refractivity contribution in [2.24, 2.45) is 0 Å². The Morgan fingerprint density at radius 3 is 2.79 bits per heavy atom. The number of hydrogen-bond acceptors (Lipinski definition) is 10. The summed E-state index contributed by atoms with van der Waals surface area (Å²) in [7, 11) is 1.22. The molecule has 0 radical (unpaired) electrons. The van der Waals surface area contributed by atoms with Crippen LogP contribution in [0.15, 0.2) is 35.2 Å². The van der Waals surface area contributed by atoms with Crippen molar-refractivity contribution in [3.05, 3.63) is 50.9 Å². The minimum Gasteiger partial charge on any atom is -0.500 e. The Bertz CT molecular complexity index is 1230. The second-order valence-electron chi connectivity index (χ2n) is 6.73. The van der Waals surface area contributed by atoms with Crippen LogP contribution in [0.2, 0.25) is 0 Å². The van der Waals surface area contributed by atoms with Crippen LogP contribution in [0.1, 0.15) is 5.56 Å². The van der Waals surface area contributed by atoms with Crippen molar-refractivity contribution < 1.29 is 38.6 Å². The van der Waals surface area contributed by atoms with Gasteiger partial charge in [0.25, 0.3) is 11.1 Å². The molecule has 0 unspecified atom stereocenters. The number of rotatable bonds is 6. The number of nitro benzene ring substituents is 1. The van der Waals surface area contributed by atoms with Gasteiger partial charge in [-0.3, -0.25) is 29.4 Å². The SMILES string of the molecule is COc1cc(/C=C2/SC(=O)N(CC(=O)Nc3ccc4c(c3)OCO4)C2=O)cc([N+](=O)[O-])c1O. The van der Waals surface area contributed by atoms with E-state index < -0.39 is 40.0 Å². The number of aromatic hydroxyl groups is 1. The Hall–Kier alpha value is -4.26. The first kappa shape index (κ1) is 22.0. The minimum absolute atomic E-state index is 0.0436. The third-order valence-corrected chi connectivity index (χ3v) is 5.53. The lowest BCUT2D eigenvalue weighted by Gasteiger charge is -2.12. The van der Waals surface area contributed by atoms with Crippen LogP contribution in [0.25, 0.3) is 6.08 Å². The van der Waals surface area contributed by atoms with E-state index in [0.29, 0.717) is 28.9 Å². The maximum Gasteiger partial charge on any atom is 0.315 e. The van der Waals surface area contributed by atoms with Gasteiger partial charge in [0.15, 0.2) is 17.2 Å². The van der Waals surface area contributed by atoms with Gasteiger partial charge in [0, 0.05) is 17.8 Å². The molecule has 2 aliphatic rings. The first-order valence-corrected chi connectivity index (χ1v) is 10.1. The average Bonchev–Trinajstić information content (AvgIpc) is 3.34. The second-order valence-corrected chi connectivity index (χ2v) is 7.73. The summed E-state index contributed by atoms with van der Waals surface area (Å²) in [5.74, 6) is -1.18. The molecule has 0 bridgehead atoms. The van der Waals surface area contributed by atoms with E-state index in [1.54, 1.807) is 18.2 Å². The van der Waals surface area contributed by atoms with Gasteiger partial charge in [0.2, 0.25) is 18.4 Å². The van der Waals surface area contributed by atoms with Gasteiger partial charge in [-0.1, -0.05) is 0 Å². The summed E-state index contributed by atoms with van der Waals surface area (Å²) in [6, 6.07) is 7.08. The number of fused-ring (bicyclic) bond motifs is 1. The van der Waals surface area contributed by atoms with Crippen LogP contribution in [0, 0.1) is 10.1 Å². The molecule has 0 aliphatic carbocycles. The number of thioether (sulfide) groups is 1. The predicted molar refractivity (Wildman–Crippen MR) is 115 cm³/mol. The number of amides is 3. The third-order valence-electron chi connectivity index (χ3n) is 4.62. The molecule has 12 nitrogen and oxygen atoms in total. The molecule has 0 atom stereocenters. The van der Waals surface area contributed by atoms with E-state index in [1.165, 1.54) is 19.3 Å². The molecule has 2 aromatic carbocycles. The fourth-order valence-electron chi connectivity index (χ4n) is 3.10. The minimum atomic E-state index is -0.804. The number of benzene rings is 2. The number of ether oxygens (including phenoxy) is 3. The van der Waals surface area contributed by atoms with E-state index in [4.69, 9.17) is 14.2 Å². The summed E-state index contributed by atoms with van der Waals surface area (Å²) in [5, 5.41) is 22.9. The molecule has 1 saturated heterocycles. The van der Waals surface area contributed by atoms with E-state index in [-0.39, 0.29) is 23.0 Å². The lowest BCUT2D eigenvalue weighted by Crippen LogP contribution is -2.36. The number of phenolic OH excluding ortho intramolecular Hbond substituents is 1. The van der Waals surface area contributed by atoms with Crippen molar-refractivity contribution in [1.82, 2.24) is 4.90 Å². The quantitative estimate of drug-likeness (QED) is 0.363. The Morgan fingerprint density at radius 2 is 2.06 bits per heavy atom. The zero-order chi connectivity index (χ0) is 23.7. The highest BCUT2D eigenvalue weighted by atomic mass is 32.2. The molecule has 13 heteroatoms.